The van der Waals surface area contributed by atoms with E-state index in [9.17, 15) is 9.59 Å². The number of amides is 1. The summed E-state index contributed by atoms with van der Waals surface area (Å²) in [5.74, 6) is 0.729. The minimum atomic E-state index is -0.0341. The Balaban J connectivity index is 0.00000288. The first-order valence-electron chi connectivity index (χ1n) is 8.45. The Morgan fingerprint density at radius 1 is 1.17 bits per heavy atom. The number of Topliss-reactive ketones (excluding diaryl/α,β-unsaturated/α-hetero) is 1. The molecule has 1 amide bonds. The summed E-state index contributed by atoms with van der Waals surface area (Å²) in [6, 6.07) is 7.38. The minimum Gasteiger partial charge on any atom is -0.494 e. The van der Waals surface area contributed by atoms with Crippen molar-refractivity contribution in [2.75, 3.05) is 19.7 Å². The lowest BCUT2D eigenvalue weighted by atomic mass is 10.0. The second kappa shape index (κ2) is 11.0. The van der Waals surface area contributed by atoms with E-state index in [1.54, 1.807) is 24.3 Å². The van der Waals surface area contributed by atoms with Crippen LogP contribution in [0.4, 0.5) is 0 Å². The number of benzene rings is 1. The molecule has 1 aliphatic heterocycles. The number of rotatable bonds is 8. The van der Waals surface area contributed by atoms with E-state index in [1.807, 2.05) is 6.92 Å². The Morgan fingerprint density at radius 3 is 2.46 bits per heavy atom. The number of carbonyl (C=O) groups excluding carboxylic acids is 2. The molecule has 0 spiro atoms. The average Bonchev–Trinajstić information content (AvgIpc) is 2.59. The van der Waals surface area contributed by atoms with Crippen molar-refractivity contribution in [2.24, 2.45) is 0 Å². The highest BCUT2D eigenvalue weighted by atomic mass is 35.5. The maximum Gasteiger partial charge on any atom is 0.220 e. The van der Waals surface area contributed by atoms with Gasteiger partial charge < -0.3 is 15.4 Å². The Hall–Kier alpha value is -1.59. The van der Waals surface area contributed by atoms with Crippen molar-refractivity contribution in [1.82, 2.24) is 10.6 Å². The topological polar surface area (TPSA) is 67.4 Å². The van der Waals surface area contributed by atoms with Crippen LogP contribution in [0.2, 0.25) is 0 Å². The molecule has 1 saturated heterocycles. The molecule has 0 saturated carbocycles. The maximum absolute atomic E-state index is 12.1. The van der Waals surface area contributed by atoms with Gasteiger partial charge in [0.15, 0.2) is 5.78 Å². The van der Waals surface area contributed by atoms with Crippen LogP contribution in [0.25, 0.3) is 0 Å². The fourth-order valence-corrected chi connectivity index (χ4v) is 2.59. The van der Waals surface area contributed by atoms with Crippen LogP contribution < -0.4 is 15.4 Å². The van der Waals surface area contributed by atoms with Gasteiger partial charge in [0.1, 0.15) is 5.75 Å². The van der Waals surface area contributed by atoms with Crippen LogP contribution in [0.5, 0.6) is 5.75 Å². The molecule has 1 aliphatic rings. The summed E-state index contributed by atoms with van der Waals surface area (Å²) in [7, 11) is 0. The van der Waals surface area contributed by atoms with E-state index in [4.69, 9.17) is 4.74 Å². The summed E-state index contributed by atoms with van der Waals surface area (Å²) >= 11 is 0. The Kier molecular flexibility index (Phi) is 9.42. The highest BCUT2D eigenvalue weighted by molar-refractivity contribution is 5.98. The van der Waals surface area contributed by atoms with E-state index in [0.717, 1.165) is 38.1 Å². The lowest BCUT2D eigenvalue weighted by molar-refractivity contribution is -0.121. The van der Waals surface area contributed by atoms with Crippen molar-refractivity contribution < 1.29 is 14.3 Å². The summed E-state index contributed by atoms with van der Waals surface area (Å²) in [6.45, 7) is 4.60. The van der Waals surface area contributed by atoms with Gasteiger partial charge in [-0.15, -0.1) is 12.4 Å². The summed E-state index contributed by atoms with van der Waals surface area (Å²) in [5, 5.41) is 6.27. The number of ether oxygens (including phenoxy) is 1. The molecule has 1 aromatic carbocycles. The first-order chi connectivity index (χ1) is 11.2. The molecule has 0 radical (unpaired) electrons. The molecule has 1 aromatic rings. The van der Waals surface area contributed by atoms with E-state index in [1.165, 1.54) is 0 Å². The molecule has 1 fully saturated rings. The lowest BCUT2D eigenvalue weighted by Gasteiger charge is -2.23. The van der Waals surface area contributed by atoms with Gasteiger partial charge in [-0.05, 0) is 56.6 Å². The molecule has 6 heteroatoms. The minimum absolute atomic E-state index is 0. The van der Waals surface area contributed by atoms with E-state index < -0.39 is 0 Å². The summed E-state index contributed by atoms with van der Waals surface area (Å²) in [6.07, 6.45) is 3.35. The molecule has 0 aromatic heterocycles. The van der Waals surface area contributed by atoms with Crippen LogP contribution >= 0.6 is 12.4 Å². The molecule has 24 heavy (non-hydrogen) atoms. The second-order valence-corrected chi connectivity index (χ2v) is 5.89. The number of carbonyl (C=O) groups is 2. The third-order valence-corrected chi connectivity index (χ3v) is 3.93. The highest BCUT2D eigenvalue weighted by Crippen LogP contribution is 2.14. The molecular formula is C18H27ClN2O3. The van der Waals surface area contributed by atoms with Crippen LogP contribution in [0, 0.1) is 0 Å². The van der Waals surface area contributed by atoms with Gasteiger partial charge in [0.2, 0.25) is 5.91 Å². The molecule has 2 N–H and O–H groups in total. The standard InChI is InChI=1S/C18H26N2O3.ClH/c1-2-13-23-16-5-3-14(4-6-16)17(21)7-8-18(22)20-15-9-11-19-12-10-15;/h3-6,15,19H,2,7-13H2,1H3,(H,20,22);1H. The summed E-state index contributed by atoms with van der Waals surface area (Å²) in [4.78, 5) is 24.1. The largest absolute Gasteiger partial charge is 0.494 e. The third-order valence-electron chi connectivity index (χ3n) is 3.93. The van der Waals surface area contributed by atoms with Crippen LogP contribution in [0.1, 0.15) is 49.4 Å². The molecule has 2 rings (SSSR count). The van der Waals surface area contributed by atoms with Gasteiger partial charge in [0.25, 0.3) is 0 Å². The van der Waals surface area contributed by atoms with Gasteiger partial charge in [-0.25, -0.2) is 0 Å². The first-order valence-corrected chi connectivity index (χ1v) is 8.45. The predicted molar refractivity (Wildman–Crippen MR) is 97.1 cm³/mol. The maximum atomic E-state index is 12.1. The van der Waals surface area contributed by atoms with Gasteiger partial charge >= 0.3 is 0 Å². The first kappa shape index (κ1) is 20.5. The zero-order chi connectivity index (χ0) is 16.5. The van der Waals surface area contributed by atoms with Gasteiger partial charge in [0.05, 0.1) is 6.61 Å². The monoisotopic (exact) mass is 354 g/mol. The highest BCUT2D eigenvalue weighted by Gasteiger charge is 2.16. The van der Waals surface area contributed by atoms with Crippen molar-refractivity contribution in [1.29, 1.82) is 0 Å². The number of nitrogens with one attached hydrogen (secondary N) is 2. The molecule has 0 unspecified atom stereocenters. The molecule has 0 aliphatic carbocycles. The molecule has 5 nitrogen and oxygen atoms in total. The summed E-state index contributed by atoms with van der Waals surface area (Å²) < 4.78 is 5.49. The number of ketones is 1. The molecule has 0 bridgehead atoms. The van der Waals surface area contributed by atoms with Gasteiger partial charge in [-0.1, -0.05) is 6.92 Å². The fraction of sp³-hybridized carbons (Fsp3) is 0.556. The van der Waals surface area contributed by atoms with Crippen LogP contribution in [0.15, 0.2) is 24.3 Å². The summed E-state index contributed by atoms with van der Waals surface area (Å²) in [5.41, 5.74) is 0.628. The van der Waals surface area contributed by atoms with Crippen molar-refractivity contribution in [3.63, 3.8) is 0 Å². The average molecular weight is 355 g/mol. The fourth-order valence-electron chi connectivity index (χ4n) is 2.59. The van der Waals surface area contributed by atoms with Crippen molar-refractivity contribution in [2.45, 2.75) is 45.1 Å². The molecule has 1 heterocycles. The van der Waals surface area contributed by atoms with E-state index in [2.05, 4.69) is 10.6 Å². The van der Waals surface area contributed by atoms with Gasteiger partial charge in [0, 0.05) is 24.4 Å². The van der Waals surface area contributed by atoms with Crippen molar-refractivity contribution in [3.05, 3.63) is 29.8 Å². The Labute approximate surface area is 149 Å². The van der Waals surface area contributed by atoms with E-state index in [0.29, 0.717) is 12.2 Å². The second-order valence-electron chi connectivity index (χ2n) is 5.89. The van der Waals surface area contributed by atoms with Gasteiger partial charge in [-0.3, -0.25) is 9.59 Å². The van der Waals surface area contributed by atoms with E-state index >= 15 is 0 Å². The SMILES string of the molecule is CCCOc1ccc(C(=O)CCC(=O)NC2CCNCC2)cc1.Cl. The van der Waals surface area contributed by atoms with Gasteiger partial charge in [-0.2, -0.15) is 0 Å². The van der Waals surface area contributed by atoms with Crippen molar-refractivity contribution in [3.8, 4) is 5.75 Å². The van der Waals surface area contributed by atoms with Crippen LogP contribution in [-0.4, -0.2) is 37.4 Å². The Bertz CT molecular complexity index is 514. The lowest BCUT2D eigenvalue weighted by Crippen LogP contribution is -2.42. The molecule has 0 atom stereocenters. The van der Waals surface area contributed by atoms with Crippen molar-refractivity contribution >= 4 is 24.1 Å². The number of halogens is 1. The quantitative estimate of drug-likeness (QED) is 0.704. The zero-order valence-electron chi connectivity index (χ0n) is 14.2. The normalized spacial score (nSPS) is 14.5. The third kappa shape index (κ3) is 6.89. The Morgan fingerprint density at radius 2 is 1.83 bits per heavy atom. The number of hydrogen-bond acceptors (Lipinski definition) is 4. The molecular weight excluding hydrogens is 328 g/mol. The van der Waals surface area contributed by atoms with Crippen LogP contribution in [0.3, 0.4) is 0 Å². The number of hydrogen-bond donors (Lipinski definition) is 2. The molecule has 134 valence electrons. The smallest absolute Gasteiger partial charge is 0.220 e. The number of piperidine rings is 1. The van der Waals surface area contributed by atoms with Crippen LogP contribution in [-0.2, 0) is 4.79 Å². The zero-order valence-corrected chi connectivity index (χ0v) is 15.0. The van der Waals surface area contributed by atoms with E-state index in [-0.39, 0.29) is 43.0 Å². The predicted octanol–water partition coefficient (Wildman–Crippen LogP) is 2.73.